The smallest absolute Gasteiger partial charge is 0.243 e. The van der Waals surface area contributed by atoms with Crippen LogP contribution in [0.3, 0.4) is 0 Å². The van der Waals surface area contributed by atoms with Crippen molar-refractivity contribution < 1.29 is 14.3 Å². The number of hydrogen-bond donors (Lipinski definition) is 1. The fourth-order valence-electron chi connectivity index (χ4n) is 4.12. The zero-order valence-electron chi connectivity index (χ0n) is 22.5. The molecule has 1 atom stereocenters. The molecule has 0 spiro atoms. The topological polar surface area (TPSA) is 58.6 Å². The van der Waals surface area contributed by atoms with Crippen molar-refractivity contribution in [2.75, 3.05) is 12.9 Å². The summed E-state index contributed by atoms with van der Waals surface area (Å²) in [5.74, 6) is 1.52. The lowest BCUT2D eigenvalue weighted by molar-refractivity contribution is -0.140. The highest BCUT2D eigenvalue weighted by Gasteiger charge is 2.32. The van der Waals surface area contributed by atoms with Gasteiger partial charge in [-0.3, -0.25) is 9.59 Å². The van der Waals surface area contributed by atoms with Crippen molar-refractivity contribution in [2.45, 2.75) is 58.0 Å². The van der Waals surface area contributed by atoms with Gasteiger partial charge in [0.1, 0.15) is 11.8 Å². The average molecular weight is 519 g/mol. The third-order valence-electron chi connectivity index (χ3n) is 5.83. The van der Waals surface area contributed by atoms with Crippen molar-refractivity contribution >= 4 is 23.6 Å². The Balaban J connectivity index is 1.89. The molecule has 3 aromatic rings. The number of amides is 2. The average Bonchev–Trinajstić information content (AvgIpc) is 2.86. The molecule has 0 fully saturated rings. The summed E-state index contributed by atoms with van der Waals surface area (Å²) in [7, 11) is 1.62. The van der Waals surface area contributed by atoms with Crippen molar-refractivity contribution in [3.05, 3.63) is 101 Å². The highest BCUT2D eigenvalue weighted by atomic mass is 32.2. The molecule has 37 heavy (non-hydrogen) atoms. The SMILES string of the molecule is COc1cccc(CN(C(=O)CSCc2cccc(C)c2)[C@H](Cc2ccccc2)C(=O)NC(C)(C)C)c1. The predicted octanol–water partition coefficient (Wildman–Crippen LogP) is 5.79. The molecule has 0 aliphatic rings. The predicted molar refractivity (Wildman–Crippen MR) is 153 cm³/mol. The monoisotopic (exact) mass is 518 g/mol. The van der Waals surface area contributed by atoms with Gasteiger partial charge in [0.05, 0.1) is 12.9 Å². The lowest BCUT2D eigenvalue weighted by Crippen LogP contribution is -2.54. The van der Waals surface area contributed by atoms with Crippen LogP contribution in [0, 0.1) is 6.92 Å². The lowest BCUT2D eigenvalue weighted by Gasteiger charge is -2.34. The van der Waals surface area contributed by atoms with Crippen LogP contribution < -0.4 is 10.1 Å². The summed E-state index contributed by atoms with van der Waals surface area (Å²) in [6.07, 6.45) is 0.432. The molecule has 0 aliphatic heterocycles. The largest absolute Gasteiger partial charge is 0.497 e. The van der Waals surface area contributed by atoms with E-state index in [4.69, 9.17) is 4.74 Å². The van der Waals surface area contributed by atoms with Crippen LogP contribution in [-0.4, -0.2) is 41.2 Å². The third-order valence-corrected chi connectivity index (χ3v) is 6.82. The molecule has 0 radical (unpaired) electrons. The van der Waals surface area contributed by atoms with Crippen LogP contribution in [0.4, 0.5) is 0 Å². The minimum absolute atomic E-state index is 0.0644. The molecule has 0 aromatic heterocycles. The first-order valence-electron chi connectivity index (χ1n) is 12.6. The summed E-state index contributed by atoms with van der Waals surface area (Å²) in [6, 6.07) is 25.2. The third kappa shape index (κ3) is 9.29. The Morgan fingerprint density at radius 1 is 0.919 bits per heavy atom. The summed E-state index contributed by atoms with van der Waals surface area (Å²) in [4.78, 5) is 29.1. The van der Waals surface area contributed by atoms with Crippen LogP contribution in [0.1, 0.15) is 43.0 Å². The number of benzene rings is 3. The molecule has 0 unspecified atom stereocenters. The highest BCUT2D eigenvalue weighted by molar-refractivity contribution is 7.99. The van der Waals surface area contributed by atoms with Gasteiger partial charge < -0.3 is 15.0 Å². The maximum absolute atomic E-state index is 13.8. The van der Waals surface area contributed by atoms with Crippen molar-refractivity contribution in [1.82, 2.24) is 10.2 Å². The van der Waals surface area contributed by atoms with Gasteiger partial charge in [-0.05, 0) is 56.5 Å². The lowest BCUT2D eigenvalue weighted by atomic mass is 10.0. The van der Waals surface area contributed by atoms with E-state index in [9.17, 15) is 9.59 Å². The van der Waals surface area contributed by atoms with E-state index in [1.165, 1.54) is 11.1 Å². The number of aryl methyl sites for hydroxylation is 1. The van der Waals surface area contributed by atoms with Crippen molar-refractivity contribution in [3.63, 3.8) is 0 Å². The quantitative estimate of drug-likeness (QED) is 0.349. The molecule has 1 N–H and O–H groups in total. The van der Waals surface area contributed by atoms with E-state index in [2.05, 4.69) is 30.4 Å². The number of methoxy groups -OCH3 is 1. The van der Waals surface area contributed by atoms with E-state index in [-0.39, 0.29) is 17.6 Å². The van der Waals surface area contributed by atoms with E-state index in [1.54, 1.807) is 23.8 Å². The molecule has 0 bridgehead atoms. The van der Waals surface area contributed by atoms with E-state index in [0.717, 1.165) is 22.6 Å². The summed E-state index contributed by atoms with van der Waals surface area (Å²) in [6.45, 7) is 8.25. The Labute approximate surface area is 225 Å². The number of ether oxygens (including phenoxy) is 1. The van der Waals surface area contributed by atoms with Crippen LogP contribution in [0.5, 0.6) is 5.75 Å². The Bertz CT molecular complexity index is 1170. The van der Waals surface area contributed by atoms with Crippen LogP contribution in [0.2, 0.25) is 0 Å². The van der Waals surface area contributed by atoms with Crippen LogP contribution in [0.25, 0.3) is 0 Å². The van der Waals surface area contributed by atoms with E-state index >= 15 is 0 Å². The van der Waals surface area contributed by atoms with Crippen LogP contribution >= 0.6 is 11.8 Å². The Hall–Kier alpha value is -3.25. The van der Waals surface area contributed by atoms with E-state index in [1.807, 2.05) is 81.4 Å². The van der Waals surface area contributed by atoms with Crippen molar-refractivity contribution in [1.29, 1.82) is 0 Å². The summed E-state index contributed by atoms with van der Waals surface area (Å²) < 4.78 is 5.40. The zero-order valence-corrected chi connectivity index (χ0v) is 23.3. The number of hydrogen-bond acceptors (Lipinski definition) is 4. The first-order chi connectivity index (χ1) is 17.6. The van der Waals surface area contributed by atoms with Crippen molar-refractivity contribution in [3.8, 4) is 5.75 Å². The fourth-order valence-corrected chi connectivity index (χ4v) is 4.97. The van der Waals surface area contributed by atoms with Crippen LogP contribution in [0.15, 0.2) is 78.9 Å². The van der Waals surface area contributed by atoms with Gasteiger partial charge in [0.2, 0.25) is 11.8 Å². The second kappa shape index (κ2) is 13.3. The number of nitrogens with one attached hydrogen (secondary N) is 1. The van der Waals surface area contributed by atoms with Gasteiger partial charge in [0.25, 0.3) is 0 Å². The first-order valence-corrected chi connectivity index (χ1v) is 13.7. The Kier molecular flexibility index (Phi) is 10.2. The minimum atomic E-state index is -0.653. The molecule has 0 saturated heterocycles. The van der Waals surface area contributed by atoms with Gasteiger partial charge in [0, 0.05) is 24.3 Å². The molecule has 3 rings (SSSR count). The van der Waals surface area contributed by atoms with Crippen molar-refractivity contribution in [2.24, 2.45) is 0 Å². The second-order valence-corrected chi connectivity index (χ2v) is 11.3. The summed E-state index contributed by atoms with van der Waals surface area (Å²) in [5.41, 5.74) is 3.89. The molecule has 3 aromatic carbocycles. The molecule has 5 nitrogen and oxygen atoms in total. The number of thioether (sulfide) groups is 1. The number of carbonyl (C=O) groups excluding carboxylic acids is 2. The Morgan fingerprint density at radius 3 is 2.27 bits per heavy atom. The Morgan fingerprint density at radius 2 is 1.59 bits per heavy atom. The summed E-state index contributed by atoms with van der Waals surface area (Å²) in [5, 5.41) is 3.11. The molecular weight excluding hydrogens is 480 g/mol. The summed E-state index contributed by atoms with van der Waals surface area (Å²) >= 11 is 1.57. The standard InChI is InChI=1S/C31H38N2O3S/c1-23-11-9-15-26(17-23)21-37-22-29(34)33(20-25-14-10-16-27(18-25)36-5)28(30(35)32-31(2,3)4)19-24-12-7-6-8-13-24/h6-18,28H,19-22H2,1-5H3,(H,32,35)/t28-/m1/s1. The zero-order chi connectivity index (χ0) is 26.8. The molecule has 0 aliphatic carbocycles. The minimum Gasteiger partial charge on any atom is -0.497 e. The van der Waals surface area contributed by atoms with E-state index in [0.29, 0.717) is 13.0 Å². The number of nitrogens with zero attached hydrogens (tertiary/aromatic N) is 1. The van der Waals surface area contributed by atoms with Crippen LogP contribution in [-0.2, 0) is 28.3 Å². The molecule has 0 heterocycles. The molecule has 196 valence electrons. The number of rotatable bonds is 11. The van der Waals surface area contributed by atoms with Gasteiger partial charge in [-0.25, -0.2) is 0 Å². The fraction of sp³-hybridized carbons (Fsp3) is 0.355. The number of carbonyl (C=O) groups is 2. The highest BCUT2D eigenvalue weighted by Crippen LogP contribution is 2.21. The van der Waals surface area contributed by atoms with Gasteiger partial charge >= 0.3 is 0 Å². The maximum atomic E-state index is 13.8. The van der Waals surface area contributed by atoms with Gasteiger partial charge in [-0.15, -0.1) is 11.8 Å². The molecular formula is C31H38N2O3S. The molecule has 6 heteroatoms. The van der Waals surface area contributed by atoms with Gasteiger partial charge in [0.15, 0.2) is 0 Å². The maximum Gasteiger partial charge on any atom is 0.243 e. The molecule has 0 saturated carbocycles. The van der Waals surface area contributed by atoms with Gasteiger partial charge in [-0.2, -0.15) is 0 Å². The molecule has 2 amide bonds. The van der Waals surface area contributed by atoms with Gasteiger partial charge in [-0.1, -0.05) is 72.3 Å². The van der Waals surface area contributed by atoms with E-state index < -0.39 is 11.6 Å². The normalized spacial score (nSPS) is 12.0. The first kappa shape index (κ1) is 28.3. The second-order valence-electron chi connectivity index (χ2n) is 10.3.